The van der Waals surface area contributed by atoms with Gasteiger partial charge in [0.2, 0.25) is 5.95 Å². The highest BCUT2D eigenvalue weighted by Gasteiger charge is 2.17. The SMILES string of the molecule is Cc1cccc(P)c1Cn1ncc2c(-c3cccc(C#N)c3P)nc(N)nc21. The van der Waals surface area contributed by atoms with Crippen molar-refractivity contribution in [3.63, 3.8) is 0 Å². The van der Waals surface area contributed by atoms with Gasteiger partial charge in [0.05, 0.1) is 35.5 Å². The number of hydrogen-bond acceptors (Lipinski definition) is 5. The zero-order valence-corrected chi connectivity index (χ0v) is 17.5. The molecule has 0 aliphatic heterocycles. The quantitative estimate of drug-likeness (QED) is 0.529. The van der Waals surface area contributed by atoms with Gasteiger partial charge in [0, 0.05) is 5.56 Å². The summed E-state index contributed by atoms with van der Waals surface area (Å²) < 4.78 is 1.84. The van der Waals surface area contributed by atoms with Gasteiger partial charge in [-0.3, -0.25) is 0 Å². The predicted octanol–water partition coefficient (Wildman–Crippen LogP) is 2.30. The van der Waals surface area contributed by atoms with Crippen molar-refractivity contribution in [3.8, 4) is 17.3 Å². The molecular weight excluding hydrogens is 386 g/mol. The number of hydrogen-bond donors (Lipinski definition) is 1. The summed E-state index contributed by atoms with van der Waals surface area (Å²) in [6, 6.07) is 13.9. The van der Waals surface area contributed by atoms with Crippen LogP contribution in [0.2, 0.25) is 0 Å². The van der Waals surface area contributed by atoms with Crippen molar-refractivity contribution in [1.29, 1.82) is 5.26 Å². The number of benzene rings is 2. The van der Waals surface area contributed by atoms with Gasteiger partial charge in [-0.15, -0.1) is 18.5 Å². The normalized spacial score (nSPS) is 10.9. The summed E-state index contributed by atoms with van der Waals surface area (Å²) in [6.07, 6.45) is 1.76. The molecule has 0 amide bonds. The van der Waals surface area contributed by atoms with E-state index in [0.717, 1.165) is 21.6 Å². The highest BCUT2D eigenvalue weighted by atomic mass is 31.0. The van der Waals surface area contributed by atoms with Crippen LogP contribution in [0.4, 0.5) is 5.95 Å². The van der Waals surface area contributed by atoms with Crippen LogP contribution in [-0.2, 0) is 6.54 Å². The summed E-state index contributed by atoms with van der Waals surface area (Å²) >= 11 is 0. The van der Waals surface area contributed by atoms with Crippen LogP contribution in [0.1, 0.15) is 16.7 Å². The van der Waals surface area contributed by atoms with Gasteiger partial charge in [-0.05, 0) is 34.7 Å². The lowest BCUT2D eigenvalue weighted by atomic mass is 10.1. The maximum absolute atomic E-state index is 9.34. The van der Waals surface area contributed by atoms with E-state index in [-0.39, 0.29) is 5.95 Å². The van der Waals surface area contributed by atoms with Gasteiger partial charge in [0.1, 0.15) is 0 Å². The predicted molar refractivity (Wildman–Crippen MR) is 119 cm³/mol. The largest absolute Gasteiger partial charge is 0.368 e. The maximum Gasteiger partial charge on any atom is 0.222 e. The molecule has 2 unspecified atom stereocenters. The van der Waals surface area contributed by atoms with Gasteiger partial charge in [-0.1, -0.05) is 30.3 Å². The van der Waals surface area contributed by atoms with Crippen molar-refractivity contribution < 1.29 is 0 Å². The Labute approximate surface area is 167 Å². The monoisotopic (exact) mass is 404 g/mol. The Bertz CT molecular complexity index is 1240. The van der Waals surface area contributed by atoms with Crippen LogP contribution in [-0.4, -0.2) is 19.7 Å². The third kappa shape index (κ3) is 3.14. The molecule has 2 N–H and O–H groups in total. The van der Waals surface area contributed by atoms with Crippen LogP contribution in [0, 0.1) is 18.3 Å². The molecule has 0 fully saturated rings. The maximum atomic E-state index is 9.34. The lowest BCUT2D eigenvalue weighted by Gasteiger charge is -2.11. The van der Waals surface area contributed by atoms with Crippen molar-refractivity contribution in [2.45, 2.75) is 13.5 Å². The fourth-order valence-electron chi connectivity index (χ4n) is 3.25. The molecule has 28 heavy (non-hydrogen) atoms. The summed E-state index contributed by atoms with van der Waals surface area (Å²) in [4.78, 5) is 8.89. The van der Waals surface area contributed by atoms with Gasteiger partial charge in [0.25, 0.3) is 0 Å². The number of rotatable bonds is 3. The molecule has 4 aromatic rings. The highest BCUT2D eigenvalue weighted by Crippen LogP contribution is 2.28. The van der Waals surface area contributed by atoms with E-state index in [1.165, 1.54) is 11.1 Å². The molecule has 0 spiro atoms. The van der Waals surface area contributed by atoms with E-state index in [0.29, 0.717) is 23.4 Å². The number of aryl methyl sites for hydroxylation is 1. The Hall–Kier alpha value is -2.86. The Kier molecular flexibility index (Phi) is 4.81. The average molecular weight is 404 g/mol. The number of fused-ring (bicyclic) bond motifs is 1. The smallest absolute Gasteiger partial charge is 0.222 e. The zero-order chi connectivity index (χ0) is 19.8. The Balaban J connectivity index is 1.90. The summed E-state index contributed by atoms with van der Waals surface area (Å²) in [5, 5.41) is 16.6. The first-order valence-electron chi connectivity index (χ1n) is 8.61. The first-order chi connectivity index (χ1) is 13.5. The van der Waals surface area contributed by atoms with Crippen molar-refractivity contribution in [2.75, 3.05) is 5.73 Å². The number of nitrogens with zero attached hydrogens (tertiary/aromatic N) is 5. The Morgan fingerprint density at radius 2 is 1.93 bits per heavy atom. The van der Waals surface area contributed by atoms with Crippen LogP contribution >= 0.6 is 18.5 Å². The molecule has 2 heterocycles. The zero-order valence-electron chi connectivity index (χ0n) is 15.2. The summed E-state index contributed by atoms with van der Waals surface area (Å²) in [6.45, 7) is 2.66. The minimum absolute atomic E-state index is 0.173. The van der Waals surface area contributed by atoms with Gasteiger partial charge < -0.3 is 5.73 Å². The minimum Gasteiger partial charge on any atom is -0.368 e. The van der Waals surface area contributed by atoms with Crippen LogP contribution < -0.4 is 16.3 Å². The minimum atomic E-state index is 0.173. The third-order valence-electron chi connectivity index (χ3n) is 4.75. The van der Waals surface area contributed by atoms with E-state index >= 15 is 0 Å². The van der Waals surface area contributed by atoms with Gasteiger partial charge >= 0.3 is 0 Å². The van der Waals surface area contributed by atoms with Crippen LogP contribution in [0.15, 0.2) is 42.6 Å². The Morgan fingerprint density at radius 3 is 2.68 bits per heavy atom. The van der Waals surface area contributed by atoms with Crippen molar-refractivity contribution >= 4 is 46.1 Å². The number of aromatic nitrogens is 4. The van der Waals surface area contributed by atoms with Gasteiger partial charge in [-0.25, -0.2) is 9.67 Å². The molecule has 0 radical (unpaired) electrons. The molecule has 0 aliphatic rings. The van der Waals surface area contributed by atoms with Crippen LogP contribution in [0.25, 0.3) is 22.3 Å². The van der Waals surface area contributed by atoms with E-state index in [1.54, 1.807) is 12.3 Å². The molecule has 0 bridgehead atoms. The summed E-state index contributed by atoms with van der Waals surface area (Å²) in [7, 11) is 5.40. The van der Waals surface area contributed by atoms with Gasteiger partial charge in [-0.2, -0.15) is 15.3 Å². The molecule has 0 saturated carbocycles. The first kappa shape index (κ1) is 18.5. The second kappa shape index (κ2) is 7.28. The van der Waals surface area contributed by atoms with Crippen molar-refractivity contribution in [2.24, 2.45) is 0 Å². The average Bonchev–Trinajstić information content (AvgIpc) is 3.07. The van der Waals surface area contributed by atoms with E-state index in [1.807, 2.05) is 22.9 Å². The highest BCUT2D eigenvalue weighted by molar-refractivity contribution is 7.28. The number of nitriles is 1. The molecule has 2 atom stereocenters. The third-order valence-corrected chi connectivity index (χ3v) is 5.91. The molecular formula is C20H18N6P2. The fourth-order valence-corrected chi connectivity index (χ4v) is 4.08. The van der Waals surface area contributed by atoms with Gasteiger partial charge in [0.15, 0.2) is 5.65 Å². The summed E-state index contributed by atoms with van der Waals surface area (Å²) in [5.74, 6) is 0.173. The first-order valence-corrected chi connectivity index (χ1v) is 9.77. The van der Waals surface area contributed by atoms with E-state index in [2.05, 4.69) is 58.7 Å². The van der Waals surface area contributed by atoms with Crippen molar-refractivity contribution in [1.82, 2.24) is 19.7 Å². The molecule has 8 heteroatoms. The van der Waals surface area contributed by atoms with Crippen LogP contribution in [0.5, 0.6) is 0 Å². The van der Waals surface area contributed by atoms with E-state index < -0.39 is 0 Å². The molecule has 6 nitrogen and oxygen atoms in total. The molecule has 2 aromatic heterocycles. The van der Waals surface area contributed by atoms with Crippen LogP contribution in [0.3, 0.4) is 0 Å². The lowest BCUT2D eigenvalue weighted by molar-refractivity contribution is 0.704. The Morgan fingerprint density at radius 1 is 1.14 bits per heavy atom. The second-order valence-electron chi connectivity index (χ2n) is 6.49. The van der Waals surface area contributed by atoms with Crippen molar-refractivity contribution in [3.05, 3.63) is 59.3 Å². The fraction of sp³-hybridized carbons (Fsp3) is 0.100. The van der Waals surface area contributed by atoms with E-state index in [9.17, 15) is 5.26 Å². The lowest BCUT2D eigenvalue weighted by Crippen LogP contribution is -2.12. The van der Waals surface area contributed by atoms with E-state index in [4.69, 9.17) is 5.73 Å². The summed E-state index contributed by atoms with van der Waals surface area (Å²) in [5.41, 5.74) is 11.1. The molecule has 2 aromatic carbocycles. The topological polar surface area (TPSA) is 93.4 Å². The number of anilines is 1. The number of nitrogen functional groups attached to an aromatic ring is 1. The standard InChI is InChI=1S/C20H18N6P2/c1-11-4-2-7-16(27)15(11)10-26-19-14(9-23-26)17(24-20(22)25-19)13-6-3-5-12(8-21)18(13)28/h2-7,9H,10,27-28H2,1H3,(H2,22,24,25). The second-order valence-corrected chi connectivity index (χ2v) is 7.69. The molecule has 4 rings (SSSR count). The molecule has 0 saturated heterocycles. The molecule has 0 aliphatic carbocycles. The molecule has 138 valence electrons. The number of nitrogens with two attached hydrogens (primary N) is 1.